The Labute approximate surface area is 137 Å². The fraction of sp³-hybridized carbons (Fsp3) is 0.400. The fourth-order valence-electron chi connectivity index (χ4n) is 2.50. The number of amides is 1. The van der Waals surface area contributed by atoms with Crippen LogP contribution in [0.5, 0.6) is 0 Å². The number of benzene rings is 1. The molecule has 6 nitrogen and oxygen atoms in total. The molecule has 22 heavy (non-hydrogen) atoms. The Morgan fingerprint density at radius 3 is 3.00 bits per heavy atom. The first-order valence-corrected chi connectivity index (χ1v) is 8.02. The fourth-order valence-corrected chi connectivity index (χ4v) is 2.95. The lowest BCUT2D eigenvalue weighted by molar-refractivity contribution is 0.0621. The van der Waals surface area contributed by atoms with Crippen molar-refractivity contribution in [2.75, 3.05) is 13.2 Å². The second-order valence-electron chi connectivity index (χ2n) is 5.27. The summed E-state index contributed by atoms with van der Waals surface area (Å²) in [5, 5.41) is 11.1. The van der Waals surface area contributed by atoms with E-state index in [2.05, 4.69) is 31.6 Å². The Hall–Kier alpha value is -1.73. The number of aromatic nitrogens is 3. The second-order valence-corrected chi connectivity index (χ2v) is 6.13. The molecule has 1 N–H and O–H groups in total. The summed E-state index contributed by atoms with van der Waals surface area (Å²) < 4.78 is 7.94. The van der Waals surface area contributed by atoms with E-state index in [1.54, 1.807) is 4.68 Å². The number of ether oxygens (including phenoxy) is 1. The largest absolute Gasteiger partial charge is 0.379 e. The molecule has 1 aromatic heterocycles. The molecule has 2 aromatic rings. The third-order valence-electron chi connectivity index (χ3n) is 3.69. The summed E-state index contributed by atoms with van der Waals surface area (Å²) in [7, 11) is 0. The van der Waals surface area contributed by atoms with Crippen LogP contribution in [0.2, 0.25) is 0 Å². The SMILES string of the molecule is Cc1c(C(=O)NC2CCCOC2)nnn1-c1ccccc1Br. The van der Waals surface area contributed by atoms with Gasteiger partial charge in [0.15, 0.2) is 5.69 Å². The summed E-state index contributed by atoms with van der Waals surface area (Å²) in [6.07, 6.45) is 1.90. The van der Waals surface area contributed by atoms with Gasteiger partial charge < -0.3 is 10.1 Å². The highest BCUT2D eigenvalue weighted by Crippen LogP contribution is 2.21. The lowest BCUT2D eigenvalue weighted by Gasteiger charge is -2.22. The van der Waals surface area contributed by atoms with Crippen molar-refractivity contribution in [2.45, 2.75) is 25.8 Å². The van der Waals surface area contributed by atoms with Crippen LogP contribution in [0.1, 0.15) is 29.0 Å². The highest BCUT2D eigenvalue weighted by atomic mass is 79.9. The van der Waals surface area contributed by atoms with Gasteiger partial charge >= 0.3 is 0 Å². The molecule has 2 heterocycles. The lowest BCUT2D eigenvalue weighted by Crippen LogP contribution is -2.41. The molecular formula is C15H17BrN4O2. The van der Waals surface area contributed by atoms with Crippen LogP contribution in [0.15, 0.2) is 28.7 Å². The summed E-state index contributed by atoms with van der Waals surface area (Å²) in [6, 6.07) is 7.74. The van der Waals surface area contributed by atoms with Crippen LogP contribution >= 0.6 is 15.9 Å². The van der Waals surface area contributed by atoms with Crippen molar-refractivity contribution in [3.63, 3.8) is 0 Å². The number of hydrogen-bond donors (Lipinski definition) is 1. The van der Waals surface area contributed by atoms with E-state index in [0.717, 1.165) is 29.6 Å². The average Bonchev–Trinajstić information content (AvgIpc) is 2.90. The van der Waals surface area contributed by atoms with Gasteiger partial charge in [-0.25, -0.2) is 4.68 Å². The van der Waals surface area contributed by atoms with E-state index < -0.39 is 0 Å². The zero-order chi connectivity index (χ0) is 15.5. The normalized spacial score (nSPS) is 18.2. The first-order chi connectivity index (χ1) is 10.7. The number of rotatable bonds is 3. The van der Waals surface area contributed by atoms with Crippen molar-refractivity contribution in [2.24, 2.45) is 0 Å². The number of para-hydroxylation sites is 1. The van der Waals surface area contributed by atoms with E-state index in [4.69, 9.17) is 4.74 Å². The molecule has 0 aliphatic carbocycles. The molecule has 0 radical (unpaired) electrons. The summed E-state index contributed by atoms with van der Waals surface area (Å²) >= 11 is 3.49. The minimum absolute atomic E-state index is 0.0502. The number of halogens is 1. The predicted molar refractivity (Wildman–Crippen MR) is 85.1 cm³/mol. The zero-order valence-electron chi connectivity index (χ0n) is 12.3. The standard InChI is InChI=1S/C15H17BrN4O2/c1-10-14(15(21)17-11-5-4-8-22-9-11)18-19-20(10)13-7-3-2-6-12(13)16/h2-3,6-7,11H,4-5,8-9H2,1H3,(H,17,21). The van der Waals surface area contributed by atoms with Crippen LogP contribution in [-0.4, -0.2) is 40.2 Å². The Morgan fingerprint density at radius 2 is 2.27 bits per heavy atom. The molecule has 1 saturated heterocycles. The second kappa shape index (κ2) is 6.58. The molecule has 1 aliphatic rings. The van der Waals surface area contributed by atoms with Crippen molar-refractivity contribution in [1.82, 2.24) is 20.3 Å². The molecule has 7 heteroatoms. The number of carbonyl (C=O) groups is 1. The van der Waals surface area contributed by atoms with Crippen LogP contribution in [-0.2, 0) is 4.74 Å². The van der Waals surface area contributed by atoms with Gasteiger partial charge in [-0.3, -0.25) is 4.79 Å². The molecule has 0 saturated carbocycles. The van der Waals surface area contributed by atoms with Crippen LogP contribution in [0.25, 0.3) is 5.69 Å². The van der Waals surface area contributed by atoms with Gasteiger partial charge in [0.2, 0.25) is 0 Å². The predicted octanol–water partition coefficient (Wildman–Crippen LogP) is 2.25. The third-order valence-corrected chi connectivity index (χ3v) is 4.36. The number of carbonyl (C=O) groups excluding carboxylic acids is 1. The van der Waals surface area contributed by atoms with Crippen molar-refractivity contribution in [3.05, 3.63) is 40.1 Å². The van der Waals surface area contributed by atoms with Crippen molar-refractivity contribution in [3.8, 4) is 5.69 Å². The highest BCUT2D eigenvalue weighted by molar-refractivity contribution is 9.10. The van der Waals surface area contributed by atoms with Crippen molar-refractivity contribution in [1.29, 1.82) is 0 Å². The maximum atomic E-state index is 12.4. The summed E-state index contributed by atoms with van der Waals surface area (Å²) in [4.78, 5) is 12.4. The summed E-state index contributed by atoms with van der Waals surface area (Å²) in [5.74, 6) is -0.202. The molecular weight excluding hydrogens is 348 g/mol. The van der Waals surface area contributed by atoms with Gasteiger partial charge in [-0.05, 0) is 47.8 Å². The molecule has 0 spiro atoms. The van der Waals surface area contributed by atoms with Gasteiger partial charge in [-0.15, -0.1) is 5.10 Å². The Kier molecular flexibility index (Phi) is 4.54. The van der Waals surface area contributed by atoms with Gasteiger partial charge in [-0.2, -0.15) is 0 Å². The Morgan fingerprint density at radius 1 is 1.45 bits per heavy atom. The highest BCUT2D eigenvalue weighted by Gasteiger charge is 2.22. The van der Waals surface area contributed by atoms with Gasteiger partial charge in [0.1, 0.15) is 0 Å². The van der Waals surface area contributed by atoms with E-state index in [1.807, 2.05) is 31.2 Å². The molecule has 1 aliphatic heterocycles. The van der Waals surface area contributed by atoms with Crippen molar-refractivity contribution >= 4 is 21.8 Å². The van der Waals surface area contributed by atoms with E-state index in [0.29, 0.717) is 18.0 Å². The van der Waals surface area contributed by atoms with Gasteiger partial charge in [0.25, 0.3) is 5.91 Å². The van der Waals surface area contributed by atoms with Crippen LogP contribution in [0, 0.1) is 6.92 Å². The third kappa shape index (κ3) is 3.05. The number of hydrogen-bond acceptors (Lipinski definition) is 4. The maximum Gasteiger partial charge on any atom is 0.274 e. The first-order valence-electron chi connectivity index (χ1n) is 7.22. The van der Waals surface area contributed by atoms with Crippen LogP contribution < -0.4 is 5.32 Å². The van der Waals surface area contributed by atoms with E-state index in [9.17, 15) is 4.79 Å². The minimum atomic E-state index is -0.202. The van der Waals surface area contributed by atoms with Gasteiger partial charge in [0, 0.05) is 11.1 Å². The summed E-state index contributed by atoms with van der Waals surface area (Å²) in [6.45, 7) is 3.17. The first kappa shape index (κ1) is 15.2. The minimum Gasteiger partial charge on any atom is -0.379 e. The van der Waals surface area contributed by atoms with Gasteiger partial charge in [0.05, 0.1) is 24.0 Å². The lowest BCUT2D eigenvalue weighted by atomic mass is 10.1. The Bertz CT molecular complexity index is 680. The molecule has 1 aromatic carbocycles. The zero-order valence-corrected chi connectivity index (χ0v) is 13.8. The average molecular weight is 365 g/mol. The smallest absolute Gasteiger partial charge is 0.274 e. The number of nitrogens with zero attached hydrogens (tertiary/aromatic N) is 3. The topological polar surface area (TPSA) is 69.0 Å². The quantitative estimate of drug-likeness (QED) is 0.906. The molecule has 0 bridgehead atoms. The maximum absolute atomic E-state index is 12.4. The monoisotopic (exact) mass is 364 g/mol. The molecule has 116 valence electrons. The van der Waals surface area contributed by atoms with E-state index >= 15 is 0 Å². The van der Waals surface area contributed by atoms with E-state index in [-0.39, 0.29) is 11.9 Å². The van der Waals surface area contributed by atoms with E-state index in [1.165, 1.54) is 0 Å². The summed E-state index contributed by atoms with van der Waals surface area (Å²) in [5.41, 5.74) is 1.91. The molecule has 1 amide bonds. The molecule has 1 unspecified atom stereocenters. The van der Waals surface area contributed by atoms with Gasteiger partial charge in [-0.1, -0.05) is 17.3 Å². The number of nitrogens with one attached hydrogen (secondary N) is 1. The molecule has 1 atom stereocenters. The van der Waals surface area contributed by atoms with Crippen LogP contribution in [0.3, 0.4) is 0 Å². The van der Waals surface area contributed by atoms with Crippen molar-refractivity contribution < 1.29 is 9.53 Å². The van der Waals surface area contributed by atoms with Crippen LogP contribution in [0.4, 0.5) is 0 Å². The Balaban J connectivity index is 1.81. The molecule has 3 rings (SSSR count). The molecule has 1 fully saturated rings.